The molecule has 0 aliphatic heterocycles. The largest absolute Gasteiger partial charge is 0.466 e. The predicted octanol–water partition coefficient (Wildman–Crippen LogP) is 3.49. The van der Waals surface area contributed by atoms with E-state index in [2.05, 4.69) is 4.98 Å². The van der Waals surface area contributed by atoms with E-state index >= 15 is 0 Å². The first-order valence-corrected chi connectivity index (χ1v) is 8.99. The number of fused-ring (bicyclic) bond motifs is 1. The Morgan fingerprint density at radius 3 is 2.77 bits per heavy atom. The first kappa shape index (κ1) is 18.3. The molecule has 1 aromatic heterocycles. The van der Waals surface area contributed by atoms with Crippen molar-refractivity contribution in [2.45, 2.75) is 33.1 Å². The number of halogens is 1. The number of amides is 1. The van der Waals surface area contributed by atoms with Crippen LogP contribution in [0.2, 0.25) is 0 Å². The minimum Gasteiger partial charge on any atom is -0.466 e. The van der Waals surface area contributed by atoms with Gasteiger partial charge >= 0.3 is 5.97 Å². The van der Waals surface area contributed by atoms with Crippen LogP contribution in [0.3, 0.4) is 0 Å². The molecule has 1 amide bonds. The van der Waals surface area contributed by atoms with E-state index in [9.17, 15) is 14.0 Å². The van der Waals surface area contributed by atoms with E-state index in [0.717, 1.165) is 12.8 Å². The highest BCUT2D eigenvalue weighted by atomic mass is 19.1. The maximum atomic E-state index is 13.5. The third kappa shape index (κ3) is 4.36. The topological polar surface area (TPSA) is 59.5 Å². The molecule has 0 radical (unpaired) electrons. The van der Waals surface area contributed by atoms with Gasteiger partial charge < -0.3 is 9.64 Å². The first-order valence-electron chi connectivity index (χ1n) is 8.99. The molecule has 3 rings (SSSR count). The highest BCUT2D eigenvalue weighted by Gasteiger charge is 2.28. The van der Waals surface area contributed by atoms with Crippen molar-refractivity contribution in [3.05, 3.63) is 41.3 Å². The third-order valence-corrected chi connectivity index (χ3v) is 4.48. The molecule has 1 aliphatic carbocycles. The van der Waals surface area contributed by atoms with Crippen LogP contribution in [-0.2, 0) is 9.53 Å². The molecule has 6 heteroatoms. The summed E-state index contributed by atoms with van der Waals surface area (Å²) in [6, 6.07) is 5.99. The molecule has 1 heterocycles. The SMILES string of the molecule is CCOC(=O)CCN(CC1CC1)C(=O)c1cc(C)nc2cc(F)ccc12. The second kappa shape index (κ2) is 7.81. The Labute approximate surface area is 152 Å². The molecule has 0 saturated heterocycles. The Bertz CT molecular complexity index is 828. The van der Waals surface area contributed by atoms with Gasteiger partial charge in [0.15, 0.2) is 0 Å². The maximum Gasteiger partial charge on any atom is 0.307 e. The van der Waals surface area contributed by atoms with Crippen LogP contribution >= 0.6 is 0 Å². The van der Waals surface area contributed by atoms with Crippen molar-refractivity contribution in [2.75, 3.05) is 19.7 Å². The van der Waals surface area contributed by atoms with Gasteiger partial charge in [-0.3, -0.25) is 14.6 Å². The molecule has 26 heavy (non-hydrogen) atoms. The average Bonchev–Trinajstić information content (AvgIpc) is 3.41. The summed E-state index contributed by atoms with van der Waals surface area (Å²) in [5.41, 5.74) is 1.62. The van der Waals surface area contributed by atoms with Crippen molar-refractivity contribution in [3.8, 4) is 0 Å². The smallest absolute Gasteiger partial charge is 0.307 e. The summed E-state index contributed by atoms with van der Waals surface area (Å²) in [5, 5.41) is 0.624. The molecule has 0 atom stereocenters. The number of aromatic nitrogens is 1. The van der Waals surface area contributed by atoms with Crippen molar-refractivity contribution in [3.63, 3.8) is 0 Å². The molecule has 0 unspecified atom stereocenters. The summed E-state index contributed by atoms with van der Waals surface area (Å²) in [6.07, 6.45) is 2.37. The lowest BCUT2D eigenvalue weighted by atomic mass is 10.1. The third-order valence-electron chi connectivity index (χ3n) is 4.48. The second-order valence-corrected chi connectivity index (χ2v) is 6.72. The fourth-order valence-electron chi connectivity index (χ4n) is 3.03. The lowest BCUT2D eigenvalue weighted by Gasteiger charge is -2.23. The molecule has 0 N–H and O–H groups in total. The molecule has 1 aromatic carbocycles. The van der Waals surface area contributed by atoms with Crippen molar-refractivity contribution >= 4 is 22.8 Å². The average molecular weight is 358 g/mol. The Hall–Kier alpha value is -2.50. The highest BCUT2D eigenvalue weighted by Crippen LogP contribution is 2.31. The highest BCUT2D eigenvalue weighted by molar-refractivity contribution is 6.06. The van der Waals surface area contributed by atoms with E-state index in [1.165, 1.54) is 12.1 Å². The Morgan fingerprint density at radius 1 is 1.31 bits per heavy atom. The van der Waals surface area contributed by atoms with Crippen LogP contribution in [0.25, 0.3) is 10.9 Å². The zero-order valence-corrected chi connectivity index (χ0v) is 15.1. The van der Waals surface area contributed by atoms with Gasteiger partial charge in [-0.15, -0.1) is 0 Å². The van der Waals surface area contributed by atoms with Gasteiger partial charge in [0.1, 0.15) is 5.82 Å². The number of carbonyl (C=O) groups is 2. The summed E-state index contributed by atoms with van der Waals surface area (Å²) in [5.74, 6) is -0.346. The molecular weight excluding hydrogens is 335 g/mol. The number of benzene rings is 1. The number of hydrogen-bond acceptors (Lipinski definition) is 4. The van der Waals surface area contributed by atoms with Gasteiger partial charge in [-0.1, -0.05) is 0 Å². The molecule has 5 nitrogen and oxygen atoms in total. The Balaban J connectivity index is 1.88. The Kier molecular flexibility index (Phi) is 5.49. The summed E-state index contributed by atoms with van der Waals surface area (Å²) in [7, 11) is 0. The fourth-order valence-corrected chi connectivity index (χ4v) is 3.03. The van der Waals surface area contributed by atoms with E-state index in [0.29, 0.717) is 47.8 Å². The zero-order chi connectivity index (χ0) is 18.7. The number of ether oxygens (including phenoxy) is 1. The standard InChI is InChI=1S/C20H23FN2O3/c1-3-26-19(24)8-9-23(12-14-4-5-14)20(25)17-10-13(2)22-18-11-15(21)6-7-16(17)18/h6-7,10-11,14H,3-5,8-9,12H2,1-2H3. The summed E-state index contributed by atoms with van der Waals surface area (Å²) >= 11 is 0. The van der Waals surface area contributed by atoms with Crippen LogP contribution in [0.15, 0.2) is 24.3 Å². The van der Waals surface area contributed by atoms with Crippen LogP contribution in [0.1, 0.15) is 42.2 Å². The number of nitrogens with zero attached hydrogens (tertiary/aromatic N) is 2. The minimum atomic E-state index is -0.383. The molecule has 0 bridgehead atoms. The Morgan fingerprint density at radius 2 is 2.08 bits per heavy atom. The molecule has 1 aliphatic rings. The molecule has 1 fully saturated rings. The summed E-state index contributed by atoms with van der Waals surface area (Å²) < 4.78 is 18.5. The van der Waals surface area contributed by atoms with Gasteiger partial charge in [-0.2, -0.15) is 0 Å². The summed E-state index contributed by atoms with van der Waals surface area (Å²) in [6.45, 7) is 4.82. The van der Waals surface area contributed by atoms with Crippen LogP contribution in [0.5, 0.6) is 0 Å². The van der Waals surface area contributed by atoms with Gasteiger partial charge in [-0.25, -0.2) is 4.39 Å². The van der Waals surface area contributed by atoms with Crippen LogP contribution in [0.4, 0.5) is 4.39 Å². The van der Waals surface area contributed by atoms with Crippen LogP contribution < -0.4 is 0 Å². The van der Waals surface area contributed by atoms with E-state index in [-0.39, 0.29) is 24.1 Å². The first-order chi connectivity index (χ1) is 12.5. The number of esters is 1. The monoisotopic (exact) mass is 358 g/mol. The fraction of sp³-hybridized carbons (Fsp3) is 0.450. The van der Waals surface area contributed by atoms with E-state index in [1.807, 2.05) is 0 Å². The number of carbonyl (C=O) groups excluding carboxylic acids is 2. The van der Waals surface area contributed by atoms with Crippen LogP contribution in [-0.4, -0.2) is 41.5 Å². The zero-order valence-electron chi connectivity index (χ0n) is 15.1. The molecular formula is C20H23FN2O3. The van der Waals surface area contributed by atoms with Crippen LogP contribution in [0, 0.1) is 18.7 Å². The molecule has 1 saturated carbocycles. The van der Waals surface area contributed by atoms with E-state index in [1.54, 1.807) is 30.9 Å². The van der Waals surface area contributed by atoms with Gasteiger partial charge in [0.25, 0.3) is 5.91 Å². The lowest BCUT2D eigenvalue weighted by Crippen LogP contribution is -2.35. The van der Waals surface area contributed by atoms with Crippen molar-refractivity contribution in [1.29, 1.82) is 0 Å². The number of rotatable bonds is 7. The number of aryl methyl sites for hydroxylation is 1. The van der Waals surface area contributed by atoms with E-state index < -0.39 is 0 Å². The molecule has 138 valence electrons. The maximum absolute atomic E-state index is 13.5. The molecule has 0 spiro atoms. The van der Waals surface area contributed by atoms with E-state index in [4.69, 9.17) is 4.74 Å². The van der Waals surface area contributed by atoms with Gasteiger partial charge in [-0.05, 0) is 50.8 Å². The molecule has 2 aromatic rings. The van der Waals surface area contributed by atoms with Gasteiger partial charge in [0, 0.05) is 30.2 Å². The van der Waals surface area contributed by atoms with Crippen molar-refractivity contribution in [2.24, 2.45) is 5.92 Å². The second-order valence-electron chi connectivity index (χ2n) is 6.72. The van der Waals surface area contributed by atoms with Gasteiger partial charge in [0.05, 0.1) is 24.1 Å². The number of hydrogen-bond donors (Lipinski definition) is 0. The number of pyridine rings is 1. The lowest BCUT2D eigenvalue weighted by molar-refractivity contribution is -0.143. The quantitative estimate of drug-likeness (QED) is 0.711. The minimum absolute atomic E-state index is 0.150. The van der Waals surface area contributed by atoms with Crippen molar-refractivity contribution in [1.82, 2.24) is 9.88 Å². The normalized spacial score (nSPS) is 13.7. The van der Waals surface area contributed by atoms with Crippen molar-refractivity contribution < 1.29 is 18.7 Å². The predicted molar refractivity (Wildman–Crippen MR) is 96.3 cm³/mol. The van der Waals surface area contributed by atoms with Gasteiger partial charge in [0.2, 0.25) is 0 Å². The summed E-state index contributed by atoms with van der Waals surface area (Å²) in [4.78, 5) is 30.9.